The third-order valence-electron chi connectivity index (χ3n) is 5.89. The first-order valence-electron chi connectivity index (χ1n) is 11.4. The molecule has 0 aliphatic rings. The number of nitrogens with two attached hydrogens (primary N) is 1. The highest BCUT2D eigenvalue weighted by Gasteiger charge is 2.10. The number of fused-ring (bicyclic) bond motifs is 1. The summed E-state index contributed by atoms with van der Waals surface area (Å²) in [6.07, 6.45) is 6.72. The molecule has 6 heteroatoms. The van der Waals surface area contributed by atoms with E-state index in [0.29, 0.717) is 11.3 Å². The number of aromatic nitrogens is 2. The van der Waals surface area contributed by atoms with Crippen LogP contribution in [0.15, 0.2) is 104 Å². The summed E-state index contributed by atoms with van der Waals surface area (Å²) in [5.74, 6) is -0.132. The van der Waals surface area contributed by atoms with Gasteiger partial charge in [-0.1, -0.05) is 12.1 Å². The van der Waals surface area contributed by atoms with Gasteiger partial charge in [-0.15, -0.1) is 0 Å². The predicted molar refractivity (Wildman–Crippen MR) is 139 cm³/mol. The van der Waals surface area contributed by atoms with E-state index < -0.39 is 0 Å². The van der Waals surface area contributed by atoms with Crippen LogP contribution in [0, 0.1) is 0 Å². The van der Waals surface area contributed by atoms with Gasteiger partial charge in [0.2, 0.25) is 5.52 Å². The molecule has 0 saturated carbocycles. The number of hydrogen-bond donors (Lipinski definition) is 3. The Labute approximate surface area is 204 Å². The minimum absolute atomic E-state index is 0.132. The van der Waals surface area contributed by atoms with Crippen molar-refractivity contribution in [2.45, 2.75) is 6.42 Å². The van der Waals surface area contributed by atoms with Crippen LogP contribution in [0.25, 0.3) is 10.9 Å². The largest absolute Gasteiger partial charge is 0.399 e. The molecule has 0 spiro atoms. The molecule has 0 saturated heterocycles. The topological polar surface area (TPSA) is 85.2 Å². The van der Waals surface area contributed by atoms with E-state index in [9.17, 15) is 4.79 Å². The van der Waals surface area contributed by atoms with Crippen LogP contribution in [0.1, 0.15) is 21.5 Å². The number of rotatable bonds is 6. The monoisotopic (exact) mass is 461 g/mol. The minimum atomic E-state index is -0.132. The van der Waals surface area contributed by atoms with Gasteiger partial charge in [0, 0.05) is 46.9 Å². The maximum absolute atomic E-state index is 12.9. The molecule has 5 N–H and O–H groups in total. The molecule has 3 aromatic carbocycles. The number of amides is 1. The summed E-state index contributed by atoms with van der Waals surface area (Å²) in [5.41, 5.74) is 13.2. The van der Waals surface area contributed by atoms with Crippen LogP contribution in [-0.2, 0) is 13.5 Å². The van der Waals surface area contributed by atoms with Crippen molar-refractivity contribution in [3.05, 3.63) is 120 Å². The lowest BCUT2D eigenvalue weighted by atomic mass is 10.0. The Morgan fingerprint density at radius 3 is 2.46 bits per heavy atom. The molecular weight excluding hydrogens is 434 g/mol. The van der Waals surface area contributed by atoms with E-state index in [1.54, 1.807) is 0 Å². The van der Waals surface area contributed by atoms with Gasteiger partial charge in [-0.25, -0.2) is 9.55 Å². The summed E-state index contributed by atoms with van der Waals surface area (Å²) in [5, 5.41) is 7.43. The van der Waals surface area contributed by atoms with Crippen LogP contribution in [0.3, 0.4) is 0 Å². The summed E-state index contributed by atoms with van der Waals surface area (Å²) in [6, 6.07) is 27.3. The van der Waals surface area contributed by atoms with Crippen LogP contribution in [0.2, 0.25) is 0 Å². The molecular formula is C29H27N5O+2. The average Bonchev–Trinajstić information content (AvgIpc) is 2.87. The van der Waals surface area contributed by atoms with Crippen molar-refractivity contribution >= 4 is 39.6 Å². The maximum atomic E-state index is 12.9. The smallest absolute Gasteiger partial charge is 0.255 e. The Morgan fingerprint density at radius 1 is 0.886 bits per heavy atom. The van der Waals surface area contributed by atoms with Gasteiger partial charge < -0.3 is 16.4 Å². The van der Waals surface area contributed by atoms with Crippen molar-refractivity contribution in [2.24, 2.45) is 7.05 Å². The first-order valence-corrected chi connectivity index (χ1v) is 11.4. The number of aromatic amines is 1. The molecule has 2 aromatic heterocycles. The molecule has 5 rings (SSSR count). The van der Waals surface area contributed by atoms with Gasteiger partial charge in [-0.2, -0.15) is 0 Å². The molecule has 0 radical (unpaired) electrons. The standard InChI is InChI=1S/C29H25N5O/c1-34-15-12-20(13-16-34)17-21-3-2-4-22(18-21)29(35)33-25-8-6-24(7-9-25)32-28-11-14-31-27-10-5-23(30)19-26(27)28/h2-16,18-19H,17,30H2,1H3,(H-,31,32,33,35)/p+2. The quantitative estimate of drug-likeness (QED) is 0.254. The highest BCUT2D eigenvalue weighted by atomic mass is 16.1. The van der Waals surface area contributed by atoms with E-state index in [-0.39, 0.29) is 5.91 Å². The highest BCUT2D eigenvalue weighted by molar-refractivity contribution is 6.04. The fourth-order valence-electron chi connectivity index (χ4n) is 4.03. The second kappa shape index (κ2) is 9.65. The van der Waals surface area contributed by atoms with Gasteiger partial charge >= 0.3 is 0 Å². The normalized spacial score (nSPS) is 10.8. The Bertz CT molecular complexity index is 1490. The molecule has 0 atom stereocenters. The van der Waals surface area contributed by atoms with Crippen LogP contribution in [0.4, 0.5) is 22.7 Å². The number of nitrogens with one attached hydrogen (secondary N) is 3. The van der Waals surface area contributed by atoms with Gasteiger partial charge in [0.05, 0.1) is 11.1 Å². The third kappa shape index (κ3) is 5.28. The second-order valence-corrected chi connectivity index (χ2v) is 8.60. The Kier molecular flexibility index (Phi) is 6.09. The highest BCUT2D eigenvalue weighted by Crippen LogP contribution is 2.26. The van der Waals surface area contributed by atoms with Crippen molar-refractivity contribution in [3.8, 4) is 0 Å². The summed E-state index contributed by atoms with van der Waals surface area (Å²) in [7, 11) is 2.00. The molecule has 6 nitrogen and oxygen atoms in total. The van der Waals surface area contributed by atoms with Gasteiger partial charge in [0.15, 0.2) is 18.6 Å². The lowest BCUT2D eigenvalue weighted by Crippen LogP contribution is -2.25. The number of nitrogens with zero attached hydrogens (tertiary/aromatic N) is 1. The number of nitrogen functional groups attached to an aromatic ring is 1. The zero-order valence-corrected chi connectivity index (χ0v) is 19.5. The molecule has 35 heavy (non-hydrogen) atoms. The summed E-state index contributed by atoms with van der Waals surface area (Å²) in [6.45, 7) is 0. The molecule has 5 aromatic rings. The molecule has 0 aliphatic carbocycles. The fourth-order valence-corrected chi connectivity index (χ4v) is 4.03. The molecule has 0 aliphatic heterocycles. The number of pyridine rings is 2. The summed E-state index contributed by atoms with van der Waals surface area (Å²) < 4.78 is 2.00. The SMILES string of the molecule is C[n+]1ccc(Cc2cccc(C(=O)Nc3ccc(Nc4cc[nH+]c5ccc(N)cc45)cc3)c2)cc1. The van der Waals surface area contributed by atoms with Crippen LogP contribution in [0.5, 0.6) is 0 Å². The number of benzene rings is 3. The number of carbonyl (C=O) groups excluding carboxylic acids is 1. The number of hydrogen-bond acceptors (Lipinski definition) is 3. The predicted octanol–water partition coefficient (Wildman–Crippen LogP) is 4.65. The van der Waals surface area contributed by atoms with E-state index in [1.807, 2.05) is 103 Å². The van der Waals surface area contributed by atoms with Crippen LogP contribution in [-0.4, -0.2) is 5.91 Å². The Morgan fingerprint density at radius 2 is 1.66 bits per heavy atom. The van der Waals surface area contributed by atoms with Crippen molar-refractivity contribution in [3.63, 3.8) is 0 Å². The first kappa shape index (κ1) is 22.1. The molecule has 0 fully saturated rings. The average molecular weight is 462 g/mol. The zero-order valence-electron chi connectivity index (χ0n) is 19.5. The number of aryl methyl sites for hydroxylation is 1. The second-order valence-electron chi connectivity index (χ2n) is 8.60. The maximum Gasteiger partial charge on any atom is 0.255 e. The minimum Gasteiger partial charge on any atom is -0.399 e. The lowest BCUT2D eigenvalue weighted by molar-refractivity contribution is -0.671. The van der Waals surface area contributed by atoms with Crippen LogP contribution >= 0.6 is 0 Å². The van der Waals surface area contributed by atoms with E-state index in [0.717, 1.165) is 39.9 Å². The Balaban J connectivity index is 1.26. The van der Waals surface area contributed by atoms with E-state index in [4.69, 9.17) is 5.73 Å². The molecule has 1 amide bonds. The lowest BCUT2D eigenvalue weighted by Gasteiger charge is -2.10. The van der Waals surface area contributed by atoms with E-state index in [1.165, 1.54) is 5.56 Å². The number of carbonyl (C=O) groups is 1. The zero-order chi connectivity index (χ0) is 24.2. The van der Waals surface area contributed by atoms with Crippen molar-refractivity contribution in [1.29, 1.82) is 0 Å². The first-order chi connectivity index (χ1) is 17.0. The van der Waals surface area contributed by atoms with E-state index >= 15 is 0 Å². The van der Waals surface area contributed by atoms with Gasteiger partial charge in [0.1, 0.15) is 7.05 Å². The van der Waals surface area contributed by atoms with E-state index in [2.05, 4.69) is 27.8 Å². The summed E-state index contributed by atoms with van der Waals surface area (Å²) in [4.78, 5) is 16.1. The van der Waals surface area contributed by atoms with Crippen LogP contribution < -0.4 is 25.9 Å². The fraction of sp³-hybridized carbons (Fsp3) is 0.0690. The molecule has 0 unspecified atom stereocenters. The number of H-pyrrole nitrogens is 1. The van der Waals surface area contributed by atoms with Gasteiger partial charge in [-0.3, -0.25) is 4.79 Å². The molecule has 2 heterocycles. The molecule has 172 valence electrons. The molecule has 0 bridgehead atoms. The van der Waals surface area contributed by atoms with Gasteiger partial charge in [-0.05, 0) is 66.1 Å². The number of anilines is 4. The summed E-state index contributed by atoms with van der Waals surface area (Å²) >= 11 is 0. The third-order valence-corrected chi connectivity index (χ3v) is 5.89. The van der Waals surface area contributed by atoms with Crippen molar-refractivity contribution in [1.82, 2.24) is 0 Å². The van der Waals surface area contributed by atoms with Crippen molar-refractivity contribution < 1.29 is 14.3 Å². The Hall–Kier alpha value is -4.71. The van der Waals surface area contributed by atoms with Gasteiger partial charge in [0.25, 0.3) is 5.91 Å². The van der Waals surface area contributed by atoms with Crippen molar-refractivity contribution in [2.75, 3.05) is 16.4 Å².